The molecule has 104 valence electrons. The van der Waals surface area contributed by atoms with E-state index in [2.05, 4.69) is 10.3 Å². The van der Waals surface area contributed by atoms with Crippen LogP contribution in [0.3, 0.4) is 0 Å². The molecule has 5 heteroatoms. The van der Waals surface area contributed by atoms with Crippen LogP contribution in [-0.2, 0) is 0 Å². The van der Waals surface area contributed by atoms with E-state index in [0.717, 1.165) is 10.4 Å². The maximum absolute atomic E-state index is 12.2. The van der Waals surface area contributed by atoms with Gasteiger partial charge in [-0.05, 0) is 17.7 Å². The number of carbonyl (C=O) groups is 1. The summed E-state index contributed by atoms with van der Waals surface area (Å²) in [6, 6.07) is 16.9. The minimum atomic E-state index is -0.255. The zero-order chi connectivity index (χ0) is 14.7. The molecule has 0 radical (unpaired) electrons. The molecule has 0 unspecified atom stereocenters. The minimum absolute atomic E-state index is 0.255. The van der Waals surface area contributed by atoms with Crippen LogP contribution < -0.4 is 5.32 Å². The van der Waals surface area contributed by atoms with Crippen molar-refractivity contribution >= 4 is 34.0 Å². The lowest BCUT2D eigenvalue weighted by Crippen LogP contribution is -2.11. The molecule has 3 aromatic rings. The summed E-state index contributed by atoms with van der Waals surface area (Å²) in [7, 11) is 0. The monoisotopic (exact) mass is 314 g/mol. The predicted octanol–water partition coefficient (Wildman–Crippen LogP) is 4.72. The Labute approximate surface area is 131 Å². The van der Waals surface area contributed by atoms with Gasteiger partial charge in [0.05, 0.1) is 15.5 Å². The van der Waals surface area contributed by atoms with Gasteiger partial charge < -0.3 is 0 Å². The molecule has 0 saturated heterocycles. The average Bonchev–Trinajstić information content (AvgIpc) is 2.97. The molecule has 0 aliphatic rings. The second kappa shape index (κ2) is 6.08. The van der Waals surface area contributed by atoms with Gasteiger partial charge in [-0.15, -0.1) is 0 Å². The van der Waals surface area contributed by atoms with Crippen molar-refractivity contribution in [3.05, 3.63) is 71.4 Å². The van der Waals surface area contributed by atoms with Gasteiger partial charge in [0.2, 0.25) is 0 Å². The van der Waals surface area contributed by atoms with Crippen molar-refractivity contribution < 1.29 is 4.79 Å². The minimum Gasteiger partial charge on any atom is -0.298 e. The van der Waals surface area contributed by atoms with Gasteiger partial charge in [0.1, 0.15) is 0 Å². The van der Waals surface area contributed by atoms with Gasteiger partial charge in [-0.2, -0.15) is 0 Å². The van der Waals surface area contributed by atoms with Gasteiger partial charge >= 0.3 is 0 Å². The first-order valence-corrected chi connectivity index (χ1v) is 7.50. The summed E-state index contributed by atoms with van der Waals surface area (Å²) in [5, 5.41) is 3.75. The first kappa shape index (κ1) is 13.8. The number of benzene rings is 2. The fourth-order valence-corrected chi connectivity index (χ4v) is 2.92. The van der Waals surface area contributed by atoms with Gasteiger partial charge in [0.15, 0.2) is 5.13 Å². The van der Waals surface area contributed by atoms with Crippen molar-refractivity contribution in [1.29, 1.82) is 0 Å². The van der Waals surface area contributed by atoms with E-state index < -0.39 is 0 Å². The van der Waals surface area contributed by atoms with Crippen molar-refractivity contribution in [2.24, 2.45) is 0 Å². The molecule has 21 heavy (non-hydrogen) atoms. The van der Waals surface area contributed by atoms with Crippen LogP contribution in [-0.4, -0.2) is 10.9 Å². The lowest BCUT2D eigenvalue weighted by atomic mass is 10.2. The van der Waals surface area contributed by atoms with E-state index in [0.29, 0.717) is 15.7 Å². The molecular formula is C16H11ClN2OS. The standard InChI is InChI=1S/C16H11ClN2OS/c17-13-9-5-4-8-12(13)15(20)19-16-18-10-14(21-16)11-6-2-1-3-7-11/h1-10H,(H,18,19,20). The first-order valence-electron chi connectivity index (χ1n) is 6.31. The number of anilines is 1. The SMILES string of the molecule is O=C(Nc1ncc(-c2ccccc2)s1)c1ccccc1Cl. The smallest absolute Gasteiger partial charge is 0.258 e. The van der Waals surface area contributed by atoms with Crippen molar-refractivity contribution in [3.8, 4) is 10.4 Å². The molecule has 2 aromatic carbocycles. The van der Waals surface area contributed by atoms with Crippen molar-refractivity contribution in [3.63, 3.8) is 0 Å². The lowest BCUT2D eigenvalue weighted by Gasteiger charge is -2.03. The molecule has 1 amide bonds. The Morgan fingerprint density at radius 1 is 1.05 bits per heavy atom. The van der Waals surface area contributed by atoms with Crippen molar-refractivity contribution in [1.82, 2.24) is 4.98 Å². The summed E-state index contributed by atoms with van der Waals surface area (Å²) in [5.41, 5.74) is 1.52. The number of nitrogens with one attached hydrogen (secondary N) is 1. The van der Waals surface area contributed by atoms with Crippen LogP contribution in [0.25, 0.3) is 10.4 Å². The zero-order valence-corrected chi connectivity index (χ0v) is 12.5. The molecule has 0 aliphatic carbocycles. The van der Waals surface area contributed by atoms with Crippen LogP contribution >= 0.6 is 22.9 Å². The van der Waals surface area contributed by atoms with E-state index >= 15 is 0 Å². The normalized spacial score (nSPS) is 10.3. The van der Waals surface area contributed by atoms with Crippen LogP contribution in [0, 0.1) is 0 Å². The van der Waals surface area contributed by atoms with Gasteiger partial charge in [-0.25, -0.2) is 4.98 Å². The number of halogens is 1. The second-order valence-corrected chi connectivity index (χ2v) is 5.77. The Hall–Kier alpha value is -2.17. The zero-order valence-electron chi connectivity index (χ0n) is 10.9. The molecule has 0 bridgehead atoms. The Morgan fingerprint density at radius 2 is 1.76 bits per heavy atom. The van der Waals surface area contributed by atoms with Gasteiger partial charge in [-0.1, -0.05) is 65.4 Å². The quantitative estimate of drug-likeness (QED) is 0.760. The molecule has 0 spiro atoms. The summed E-state index contributed by atoms with van der Waals surface area (Å²) in [5.74, 6) is -0.255. The fraction of sp³-hybridized carbons (Fsp3) is 0. The van der Waals surface area contributed by atoms with Crippen LogP contribution in [0.1, 0.15) is 10.4 Å². The Kier molecular flexibility index (Phi) is 3.99. The highest BCUT2D eigenvalue weighted by Crippen LogP contribution is 2.29. The van der Waals surface area contributed by atoms with E-state index in [1.54, 1.807) is 30.5 Å². The van der Waals surface area contributed by atoms with E-state index in [1.165, 1.54) is 11.3 Å². The molecule has 0 atom stereocenters. The molecule has 0 saturated carbocycles. The molecule has 0 fully saturated rings. The van der Waals surface area contributed by atoms with E-state index in [1.807, 2.05) is 30.3 Å². The third-order valence-corrected chi connectivity index (χ3v) is 4.19. The summed E-state index contributed by atoms with van der Waals surface area (Å²) in [6.45, 7) is 0. The first-order chi connectivity index (χ1) is 10.2. The fourth-order valence-electron chi connectivity index (χ4n) is 1.88. The third-order valence-electron chi connectivity index (χ3n) is 2.90. The van der Waals surface area contributed by atoms with Crippen molar-refractivity contribution in [2.75, 3.05) is 5.32 Å². The maximum Gasteiger partial charge on any atom is 0.258 e. The van der Waals surface area contributed by atoms with Gasteiger partial charge in [-0.3, -0.25) is 10.1 Å². The Balaban J connectivity index is 1.79. The molecule has 1 N–H and O–H groups in total. The average molecular weight is 315 g/mol. The van der Waals surface area contributed by atoms with Gasteiger partial charge in [0, 0.05) is 6.20 Å². The number of aromatic nitrogens is 1. The molecule has 3 nitrogen and oxygen atoms in total. The summed E-state index contributed by atoms with van der Waals surface area (Å²) >= 11 is 7.44. The van der Waals surface area contributed by atoms with Crippen LogP contribution in [0.5, 0.6) is 0 Å². The third kappa shape index (κ3) is 3.12. The lowest BCUT2D eigenvalue weighted by molar-refractivity contribution is 0.102. The number of hydrogen-bond donors (Lipinski definition) is 1. The van der Waals surface area contributed by atoms with Gasteiger partial charge in [0.25, 0.3) is 5.91 Å². The second-order valence-electron chi connectivity index (χ2n) is 4.33. The Bertz CT molecular complexity index is 771. The molecular weight excluding hydrogens is 304 g/mol. The van der Waals surface area contributed by atoms with Crippen LogP contribution in [0.4, 0.5) is 5.13 Å². The van der Waals surface area contributed by atoms with Crippen LogP contribution in [0.2, 0.25) is 5.02 Å². The van der Waals surface area contributed by atoms with E-state index in [4.69, 9.17) is 11.6 Å². The van der Waals surface area contributed by atoms with Crippen molar-refractivity contribution in [2.45, 2.75) is 0 Å². The van der Waals surface area contributed by atoms with E-state index in [9.17, 15) is 4.79 Å². The molecule has 1 aromatic heterocycles. The maximum atomic E-state index is 12.2. The highest BCUT2D eigenvalue weighted by atomic mass is 35.5. The highest BCUT2D eigenvalue weighted by Gasteiger charge is 2.12. The summed E-state index contributed by atoms with van der Waals surface area (Å²) in [4.78, 5) is 17.4. The topological polar surface area (TPSA) is 42.0 Å². The molecule has 1 heterocycles. The molecule has 0 aliphatic heterocycles. The number of rotatable bonds is 3. The largest absolute Gasteiger partial charge is 0.298 e. The van der Waals surface area contributed by atoms with Crippen LogP contribution in [0.15, 0.2) is 60.8 Å². The highest BCUT2D eigenvalue weighted by molar-refractivity contribution is 7.19. The Morgan fingerprint density at radius 3 is 2.52 bits per heavy atom. The summed E-state index contributed by atoms with van der Waals surface area (Å²) in [6.07, 6.45) is 1.75. The summed E-state index contributed by atoms with van der Waals surface area (Å²) < 4.78 is 0. The number of hydrogen-bond acceptors (Lipinski definition) is 3. The van der Waals surface area contributed by atoms with E-state index in [-0.39, 0.29) is 5.91 Å². The number of carbonyl (C=O) groups excluding carboxylic acids is 1. The predicted molar refractivity (Wildman–Crippen MR) is 87.0 cm³/mol. The number of amides is 1. The number of thiazole rings is 1. The number of nitrogens with zero attached hydrogens (tertiary/aromatic N) is 1. The molecule has 3 rings (SSSR count).